The van der Waals surface area contributed by atoms with Gasteiger partial charge in [0.2, 0.25) is 0 Å². The van der Waals surface area contributed by atoms with Gasteiger partial charge >= 0.3 is 0 Å². The van der Waals surface area contributed by atoms with Gasteiger partial charge in [0.25, 0.3) is 0 Å². The van der Waals surface area contributed by atoms with Crippen LogP contribution in [0.25, 0.3) is 0 Å². The van der Waals surface area contributed by atoms with Crippen molar-refractivity contribution in [1.29, 1.82) is 0 Å². The Bertz CT molecular complexity index is 608. The first-order valence-electron chi connectivity index (χ1n) is 7.49. The summed E-state index contributed by atoms with van der Waals surface area (Å²) in [6.07, 6.45) is 1.78. The molecule has 1 unspecified atom stereocenters. The maximum absolute atomic E-state index is 12.8. The molecule has 0 spiro atoms. The summed E-state index contributed by atoms with van der Waals surface area (Å²) in [5.41, 5.74) is 1.77. The number of aryl methyl sites for hydroxylation is 1. The highest BCUT2D eigenvalue weighted by atomic mass is 16.5. The molecule has 1 aliphatic carbocycles. The smallest absolute Gasteiger partial charge is 0.154 e. The van der Waals surface area contributed by atoms with Gasteiger partial charge in [-0.3, -0.25) is 9.59 Å². The second-order valence-corrected chi connectivity index (χ2v) is 6.30. The zero-order valence-electron chi connectivity index (χ0n) is 12.2. The molecule has 3 fully saturated rings. The molecule has 1 saturated carbocycles. The number of ether oxygens (including phenoxy) is 2. The van der Waals surface area contributed by atoms with Gasteiger partial charge in [0.1, 0.15) is 11.7 Å². The van der Waals surface area contributed by atoms with E-state index >= 15 is 0 Å². The van der Waals surface area contributed by atoms with Crippen molar-refractivity contribution in [2.45, 2.75) is 37.9 Å². The fourth-order valence-electron chi connectivity index (χ4n) is 4.33. The van der Waals surface area contributed by atoms with Crippen molar-refractivity contribution in [3.8, 4) is 5.75 Å². The van der Waals surface area contributed by atoms with Crippen LogP contribution in [-0.2, 0) is 14.3 Å². The van der Waals surface area contributed by atoms with Crippen LogP contribution in [0.5, 0.6) is 5.75 Å². The quantitative estimate of drug-likeness (QED) is 0.781. The van der Waals surface area contributed by atoms with E-state index in [4.69, 9.17) is 9.47 Å². The Kier molecular flexibility index (Phi) is 2.73. The molecule has 2 heterocycles. The number of carbonyl (C=O) groups excluding carboxylic acids is 2. The number of fused-ring (bicyclic) bond motifs is 5. The lowest BCUT2D eigenvalue weighted by Gasteiger charge is -2.16. The van der Waals surface area contributed by atoms with Crippen molar-refractivity contribution in [1.82, 2.24) is 0 Å². The number of rotatable bonds is 2. The van der Waals surface area contributed by atoms with Gasteiger partial charge in [-0.25, -0.2) is 0 Å². The molecule has 0 amide bonds. The molecule has 4 heteroatoms. The van der Waals surface area contributed by atoms with Crippen LogP contribution < -0.4 is 4.74 Å². The third kappa shape index (κ3) is 1.65. The molecule has 2 saturated heterocycles. The lowest BCUT2D eigenvalue weighted by atomic mass is 9.81. The molecule has 5 atom stereocenters. The predicted molar refractivity (Wildman–Crippen MR) is 75.4 cm³/mol. The number of benzene rings is 1. The first-order valence-corrected chi connectivity index (χ1v) is 7.49. The Balaban J connectivity index is 1.73. The number of carbonyl (C=O) groups is 2. The first-order chi connectivity index (χ1) is 10.1. The largest absolute Gasteiger partial charge is 0.497 e. The fourth-order valence-corrected chi connectivity index (χ4v) is 4.33. The number of methoxy groups -OCH3 is 1. The molecule has 4 nitrogen and oxygen atoms in total. The summed E-state index contributed by atoms with van der Waals surface area (Å²) >= 11 is 0. The van der Waals surface area contributed by atoms with Gasteiger partial charge in [0, 0.05) is 0 Å². The van der Waals surface area contributed by atoms with Crippen molar-refractivity contribution in [2.24, 2.45) is 11.8 Å². The minimum absolute atomic E-state index is 0.0278. The molecular weight excluding hydrogens is 268 g/mol. The summed E-state index contributed by atoms with van der Waals surface area (Å²) in [4.78, 5) is 25.5. The minimum atomic E-state index is -0.599. The number of hydrogen-bond acceptors (Lipinski definition) is 4. The zero-order valence-corrected chi connectivity index (χ0v) is 12.2. The van der Waals surface area contributed by atoms with Crippen LogP contribution in [0.4, 0.5) is 0 Å². The molecule has 3 aliphatic rings. The molecular formula is C17H18O4. The van der Waals surface area contributed by atoms with Crippen molar-refractivity contribution in [3.05, 3.63) is 29.3 Å². The van der Waals surface area contributed by atoms with Crippen LogP contribution >= 0.6 is 0 Å². The highest BCUT2D eigenvalue weighted by Crippen LogP contribution is 2.52. The van der Waals surface area contributed by atoms with E-state index in [9.17, 15) is 9.59 Å². The summed E-state index contributed by atoms with van der Waals surface area (Å²) in [7, 11) is 1.61. The average molecular weight is 286 g/mol. The van der Waals surface area contributed by atoms with Crippen LogP contribution in [0.2, 0.25) is 0 Å². The van der Waals surface area contributed by atoms with Gasteiger partial charge in [-0.05, 0) is 43.0 Å². The summed E-state index contributed by atoms with van der Waals surface area (Å²) in [6, 6.07) is 5.57. The Morgan fingerprint density at radius 2 is 1.71 bits per heavy atom. The van der Waals surface area contributed by atoms with E-state index in [-0.39, 0.29) is 35.6 Å². The van der Waals surface area contributed by atoms with Crippen molar-refractivity contribution in [3.63, 3.8) is 0 Å². The van der Waals surface area contributed by atoms with Gasteiger partial charge in [0.05, 0.1) is 31.2 Å². The van der Waals surface area contributed by atoms with E-state index in [0.717, 1.165) is 29.7 Å². The summed E-state index contributed by atoms with van der Waals surface area (Å²) < 4.78 is 11.0. The van der Waals surface area contributed by atoms with E-state index in [1.807, 2.05) is 25.1 Å². The lowest BCUT2D eigenvalue weighted by Crippen LogP contribution is -2.29. The summed E-state index contributed by atoms with van der Waals surface area (Å²) in [5, 5.41) is 0. The highest BCUT2D eigenvalue weighted by Gasteiger charge is 2.62. The first kappa shape index (κ1) is 13.0. The Morgan fingerprint density at radius 3 is 2.24 bits per heavy atom. The van der Waals surface area contributed by atoms with Gasteiger partial charge in [0.15, 0.2) is 11.6 Å². The van der Waals surface area contributed by atoms with Crippen LogP contribution in [0.3, 0.4) is 0 Å². The molecule has 2 aliphatic heterocycles. The molecule has 1 aromatic carbocycles. The van der Waals surface area contributed by atoms with E-state index < -0.39 is 5.92 Å². The second kappa shape index (κ2) is 4.41. The average Bonchev–Trinajstić information content (AvgIpc) is 3.14. The third-order valence-corrected chi connectivity index (χ3v) is 5.29. The topological polar surface area (TPSA) is 52.6 Å². The zero-order chi connectivity index (χ0) is 14.7. The van der Waals surface area contributed by atoms with Gasteiger partial charge in [-0.15, -0.1) is 0 Å². The molecule has 0 radical (unpaired) electrons. The SMILES string of the molecule is COc1ccc(C2C(=O)[C@@H]3[C@H](C2=O)[C@H]2CC[C@@H]3O2)c(C)c1. The van der Waals surface area contributed by atoms with Gasteiger partial charge < -0.3 is 9.47 Å². The number of hydrogen-bond donors (Lipinski definition) is 0. The number of ketones is 2. The standard InChI is InChI=1S/C17H18O4/c1-8-7-9(20-2)3-4-10(8)13-16(18)14-11-5-6-12(21-11)15(14)17(13)19/h3-4,7,11-15H,5-6H2,1-2H3/t11-,12+,13?,14-,15+. The third-order valence-electron chi connectivity index (χ3n) is 5.29. The fraction of sp³-hybridized carbons (Fsp3) is 0.529. The van der Waals surface area contributed by atoms with Crippen LogP contribution in [-0.4, -0.2) is 30.9 Å². The summed E-state index contributed by atoms with van der Waals surface area (Å²) in [6.45, 7) is 1.93. The van der Waals surface area contributed by atoms with Crippen molar-refractivity contribution in [2.75, 3.05) is 7.11 Å². The molecule has 1 aromatic rings. The van der Waals surface area contributed by atoms with Crippen molar-refractivity contribution < 1.29 is 19.1 Å². The maximum Gasteiger partial charge on any atom is 0.154 e. The monoisotopic (exact) mass is 286 g/mol. The molecule has 0 aromatic heterocycles. The molecule has 110 valence electrons. The van der Waals surface area contributed by atoms with Crippen LogP contribution in [0, 0.1) is 18.8 Å². The second-order valence-electron chi connectivity index (χ2n) is 6.30. The van der Waals surface area contributed by atoms with Crippen LogP contribution in [0.15, 0.2) is 18.2 Å². The normalized spacial score (nSPS) is 37.1. The van der Waals surface area contributed by atoms with Gasteiger partial charge in [-0.2, -0.15) is 0 Å². The molecule has 21 heavy (non-hydrogen) atoms. The Labute approximate surface area is 123 Å². The maximum atomic E-state index is 12.8. The highest BCUT2D eigenvalue weighted by molar-refractivity contribution is 6.17. The number of Topliss-reactive ketones (excluding diaryl/α,β-unsaturated/α-hetero) is 2. The van der Waals surface area contributed by atoms with E-state index in [2.05, 4.69) is 0 Å². The van der Waals surface area contributed by atoms with Crippen molar-refractivity contribution >= 4 is 11.6 Å². The predicted octanol–water partition coefficient (Wildman–Crippen LogP) is 2.03. The van der Waals surface area contributed by atoms with E-state index in [1.54, 1.807) is 7.11 Å². The molecule has 2 bridgehead atoms. The molecule has 0 N–H and O–H groups in total. The Hall–Kier alpha value is -1.68. The molecule has 4 rings (SSSR count). The lowest BCUT2D eigenvalue weighted by molar-refractivity contribution is -0.127. The van der Waals surface area contributed by atoms with E-state index in [0.29, 0.717) is 0 Å². The van der Waals surface area contributed by atoms with Gasteiger partial charge in [-0.1, -0.05) is 6.07 Å². The Morgan fingerprint density at radius 1 is 1.10 bits per heavy atom. The summed E-state index contributed by atoms with van der Waals surface area (Å²) in [5.74, 6) is -0.142. The van der Waals surface area contributed by atoms with E-state index in [1.165, 1.54) is 0 Å². The van der Waals surface area contributed by atoms with Crippen LogP contribution in [0.1, 0.15) is 29.9 Å². The minimum Gasteiger partial charge on any atom is -0.497 e.